The summed E-state index contributed by atoms with van der Waals surface area (Å²) >= 11 is 0. The molecule has 0 atom stereocenters. The minimum atomic E-state index is -0.108. The molecular weight excluding hydrogens is 264 g/mol. The molecule has 122 valence electrons. The highest BCUT2D eigenvalue weighted by atomic mass is 17.6. The molecule has 0 unspecified atom stereocenters. The van der Waals surface area contributed by atoms with E-state index in [1.165, 1.54) is 57.8 Å². The standard InChI is InChI=1S/C18H32O3/c1-2-3-4-5-6-7-8-9-10-11-12-13-14-15-16-17-18-19-21-20-18/h6-7,9-10,18H,2-5,8,11-17H2,1H3/b7-6+,10-9+. The fourth-order valence-corrected chi connectivity index (χ4v) is 2.31. The maximum absolute atomic E-state index is 4.71. The molecule has 0 spiro atoms. The van der Waals surface area contributed by atoms with Crippen molar-refractivity contribution in [1.82, 2.24) is 0 Å². The first-order valence-corrected chi connectivity index (χ1v) is 8.72. The molecule has 1 rings (SSSR count). The number of unbranched alkanes of at least 4 members (excludes halogenated alkanes) is 8. The first-order valence-electron chi connectivity index (χ1n) is 8.72. The van der Waals surface area contributed by atoms with Crippen LogP contribution < -0.4 is 0 Å². The first kappa shape index (κ1) is 18.4. The van der Waals surface area contributed by atoms with Gasteiger partial charge in [-0.05, 0) is 38.5 Å². The molecule has 3 heteroatoms. The van der Waals surface area contributed by atoms with Crippen LogP contribution in [-0.4, -0.2) is 6.29 Å². The van der Waals surface area contributed by atoms with Crippen LogP contribution in [-0.2, 0) is 14.8 Å². The van der Waals surface area contributed by atoms with E-state index >= 15 is 0 Å². The van der Waals surface area contributed by atoms with Crippen molar-refractivity contribution in [3.05, 3.63) is 24.3 Å². The van der Waals surface area contributed by atoms with Crippen molar-refractivity contribution in [1.29, 1.82) is 0 Å². The second kappa shape index (κ2) is 14.3. The molecule has 0 N–H and O–H groups in total. The van der Waals surface area contributed by atoms with Crippen LogP contribution in [0, 0.1) is 0 Å². The summed E-state index contributed by atoms with van der Waals surface area (Å²) < 4.78 is 0. The maximum atomic E-state index is 4.71. The van der Waals surface area contributed by atoms with Crippen molar-refractivity contribution >= 4 is 0 Å². The summed E-state index contributed by atoms with van der Waals surface area (Å²) in [7, 11) is 0. The summed E-state index contributed by atoms with van der Waals surface area (Å²) in [6, 6.07) is 0. The minimum Gasteiger partial charge on any atom is -0.171 e. The average Bonchev–Trinajstić information content (AvgIpc) is 2.45. The van der Waals surface area contributed by atoms with Crippen molar-refractivity contribution in [2.24, 2.45) is 0 Å². The molecule has 0 aromatic carbocycles. The van der Waals surface area contributed by atoms with Crippen molar-refractivity contribution in [3.63, 3.8) is 0 Å². The normalized spacial score (nSPS) is 16.0. The molecule has 0 aliphatic carbocycles. The van der Waals surface area contributed by atoms with Crippen LogP contribution in [0.4, 0.5) is 0 Å². The summed E-state index contributed by atoms with van der Waals surface area (Å²) in [5.74, 6) is 0. The van der Waals surface area contributed by atoms with Gasteiger partial charge in [0.1, 0.15) is 0 Å². The van der Waals surface area contributed by atoms with Gasteiger partial charge < -0.3 is 0 Å². The Morgan fingerprint density at radius 2 is 1.33 bits per heavy atom. The fourth-order valence-electron chi connectivity index (χ4n) is 2.31. The molecule has 3 nitrogen and oxygen atoms in total. The van der Waals surface area contributed by atoms with Crippen LogP contribution in [0.2, 0.25) is 0 Å². The monoisotopic (exact) mass is 296 g/mol. The highest BCUT2D eigenvalue weighted by molar-refractivity contribution is 4.92. The van der Waals surface area contributed by atoms with Crippen molar-refractivity contribution in [2.75, 3.05) is 0 Å². The lowest BCUT2D eigenvalue weighted by Crippen LogP contribution is -2.27. The predicted octanol–water partition coefficient (Wildman–Crippen LogP) is 6.02. The zero-order valence-corrected chi connectivity index (χ0v) is 13.6. The molecule has 0 radical (unpaired) electrons. The van der Waals surface area contributed by atoms with E-state index in [1.54, 1.807) is 0 Å². The molecule has 0 aromatic heterocycles. The highest BCUT2D eigenvalue weighted by Gasteiger charge is 2.21. The molecule has 1 aliphatic heterocycles. The third kappa shape index (κ3) is 11.7. The van der Waals surface area contributed by atoms with Gasteiger partial charge in [0.2, 0.25) is 6.29 Å². The van der Waals surface area contributed by atoms with Crippen molar-refractivity contribution in [2.45, 2.75) is 90.3 Å². The van der Waals surface area contributed by atoms with E-state index in [2.05, 4.69) is 36.3 Å². The van der Waals surface area contributed by atoms with E-state index in [1.807, 2.05) is 0 Å². The topological polar surface area (TPSA) is 27.7 Å². The van der Waals surface area contributed by atoms with E-state index in [0.29, 0.717) is 0 Å². The van der Waals surface area contributed by atoms with Gasteiger partial charge in [-0.3, -0.25) is 0 Å². The molecule has 0 amide bonds. The Kier molecular flexibility index (Phi) is 12.5. The molecule has 1 aliphatic rings. The lowest BCUT2D eigenvalue weighted by molar-refractivity contribution is -0.691. The van der Waals surface area contributed by atoms with Gasteiger partial charge in [0, 0.05) is 6.42 Å². The zero-order valence-electron chi connectivity index (χ0n) is 13.6. The predicted molar refractivity (Wildman–Crippen MR) is 86.4 cm³/mol. The van der Waals surface area contributed by atoms with Gasteiger partial charge in [0.15, 0.2) is 0 Å². The molecule has 0 bridgehead atoms. The van der Waals surface area contributed by atoms with E-state index in [0.717, 1.165) is 19.3 Å². The summed E-state index contributed by atoms with van der Waals surface area (Å²) in [6.45, 7) is 2.25. The average molecular weight is 296 g/mol. The van der Waals surface area contributed by atoms with E-state index in [4.69, 9.17) is 9.78 Å². The van der Waals surface area contributed by atoms with Gasteiger partial charge >= 0.3 is 0 Å². The van der Waals surface area contributed by atoms with Crippen LogP contribution in [0.15, 0.2) is 24.3 Å². The Hall–Kier alpha value is -0.640. The van der Waals surface area contributed by atoms with Gasteiger partial charge in [-0.15, -0.1) is 0 Å². The van der Waals surface area contributed by atoms with Gasteiger partial charge in [-0.2, -0.15) is 9.78 Å². The van der Waals surface area contributed by atoms with Gasteiger partial charge in [0.05, 0.1) is 0 Å². The molecule has 1 saturated heterocycles. The van der Waals surface area contributed by atoms with Gasteiger partial charge in [0.25, 0.3) is 0 Å². The van der Waals surface area contributed by atoms with Crippen molar-refractivity contribution < 1.29 is 14.8 Å². The largest absolute Gasteiger partial charge is 0.230 e. The molecule has 21 heavy (non-hydrogen) atoms. The molecule has 1 fully saturated rings. The Bertz CT molecular complexity index is 270. The van der Waals surface area contributed by atoms with Crippen LogP contribution in [0.3, 0.4) is 0 Å². The second-order valence-corrected chi connectivity index (χ2v) is 5.71. The van der Waals surface area contributed by atoms with Crippen LogP contribution >= 0.6 is 0 Å². The summed E-state index contributed by atoms with van der Waals surface area (Å²) in [4.78, 5) is 9.43. The maximum Gasteiger partial charge on any atom is 0.230 e. The van der Waals surface area contributed by atoms with Crippen LogP contribution in [0.5, 0.6) is 0 Å². The zero-order chi connectivity index (χ0) is 15.0. The number of hydrogen-bond donors (Lipinski definition) is 0. The SMILES string of the molecule is CCCCC/C=C/C/C=C/CCCCCCCC1OOO1. The smallest absolute Gasteiger partial charge is 0.171 e. The second-order valence-electron chi connectivity index (χ2n) is 5.71. The highest BCUT2D eigenvalue weighted by Crippen LogP contribution is 2.17. The number of hydrogen-bond acceptors (Lipinski definition) is 3. The Morgan fingerprint density at radius 3 is 1.95 bits per heavy atom. The Balaban J connectivity index is 1.73. The van der Waals surface area contributed by atoms with Gasteiger partial charge in [-0.1, -0.05) is 68.4 Å². The van der Waals surface area contributed by atoms with E-state index in [-0.39, 0.29) is 6.29 Å². The number of rotatable bonds is 14. The molecule has 0 saturated carbocycles. The Labute approximate surface area is 130 Å². The number of allylic oxidation sites excluding steroid dienone is 4. The third-order valence-corrected chi connectivity index (χ3v) is 3.68. The lowest BCUT2D eigenvalue weighted by Gasteiger charge is -2.21. The van der Waals surface area contributed by atoms with E-state index < -0.39 is 0 Å². The van der Waals surface area contributed by atoms with E-state index in [9.17, 15) is 0 Å². The molecule has 1 heterocycles. The van der Waals surface area contributed by atoms with Crippen molar-refractivity contribution in [3.8, 4) is 0 Å². The lowest BCUT2D eigenvalue weighted by atomic mass is 10.1. The van der Waals surface area contributed by atoms with Crippen LogP contribution in [0.25, 0.3) is 0 Å². The summed E-state index contributed by atoms with van der Waals surface area (Å²) in [5.41, 5.74) is 0. The molecular formula is C18H32O3. The third-order valence-electron chi connectivity index (χ3n) is 3.68. The molecule has 0 aromatic rings. The fraction of sp³-hybridized carbons (Fsp3) is 0.778. The minimum absolute atomic E-state index is 0.108. The Morgan fingerprint density at radius 1 is 0.714 bits per heavy atom. The summed E-state index contributed by atoms with van der Waals surface area (Å²) in [5, 5.41) is 4.20. The quantitative estimate of drug-likeness (QED) is 0.223. The first-order chi connectivity index (χ1) is 10.4. The van der Waals surface area contributed by atoms with Crippen LogP contribution in [0.1, 0.15) is 84.0 Å². The van der Waals surface area contributed by atoms with Gasteiger partial charge in [-0.25, -0.2) is 0 Å². The summed E-state index contributed by atoms with van der Waals surface area (Å²) in [6.07, 6.45) is 24.0.